The summed E-state index contributed by atoms with van der Waals surface area (Å²) in [6.07, 6.45) is 0. The topological polar surface area (TPSA) is 49.4 Å². The minimum absolute atomic E-state index is 0.00767. The van der Waals surface area contributed by atoms with Gasteiger partial charge in [0, 0.05) is 5.69 Å². The fourth-order valence-corrected chi connectivity index (χ4v) is 2.74. The van der Waals surface area contributed by atoms with Crippen LogP contribution in [0.4, 0.5) is 15.8 Å². The van der Waals surface area contributed by atoms with E-state index < -0.39 is 17.6 Å². The van der Waals surface area contributed by atoms with Crippen LogP contribution in [0.3, 0.4) is 0 Å². The zero-order valence-electron chi connectivity index (χ0n) is 13.7. The number of nitrogens with zero attached hydrogens (tertiary/aromatic N) is 1. The minimum atomic E-state index is -0.639. The van der Waals surface area contributed by atoms with Gasteiger partial charge >= 0.3 is 0 Å². The summed E-state index contributed by atoms with van der Waals surface area (Å²) < 4.78 is 13.1. The molecule has 0 unspecified atom stereocenters. The predicted molar refractivity (Wildman–Crippen MR) is 95.9 cm³/mol. The van der Waals surface area contributed by atoms with Gasteiger partial charge in [-0.15, -0.1) is 0 Å². The highest BCUT2D eigenvalue weighted by Crippen LogP contribution is 2.30. The average molecular weight is 359 g/mol. The lowest BCUT2D eigenvalue weighted by Crippen LogP contribution is -2.32. The van der Waals surface area contributed by atoms with Crippen molar-refractivity contribution in [3.8, 4) is 0 Å². The van der Waals surface area contributed by atoms with Crippen LogP contribution in [-0.4, -0.2) is 11.8 Å². The van der Waals surface area contributed by atoms with Crippen LogP contribution in [0.5, 0.6) is 0 Å². The normalized spacial score (nSPS) is 14.7. The first kappa shape index (κ1) is 17.2. The maximum absolute atomic E-state index is 13.1. The van der Waals surface area contributed by atoms with Crippen molar-refractivity contribution in [2.75, 3.05) is 10.2 Å². The van der Waals surface area contributed by atoms with E-state index >= 15 is 0 Å². The predicted octanol–water partition coefficient (Wildman–Crippen LogP) is 4.38. The Morgan fingerprint density at radius 2 is 1.56 bits per heavy atom. The number of hydrogen-bond acceptors (Lipinski definition) is 3. The third-order valence-corrected chi connectivity index (χ3v) is 4.31. The van der Waals surface area contributed by atoms with E-state index in [-0.39, 0.29) is 16.4 Å². The zero-order chi connectivity index (χ0) is 18.1. The van der Waals surface area contributed by atoms with Crippen LogP contribution in [0.1, 0.15) is 25.3 Å². The second-order valence-electron chi connectivity index (χ2n) is 6.01. The van der Waals surface area contributed by atoms with Crippen molar-refractivity contribution in [2.45, 2.75) is 19.8 Å². The molecule has 0 atom stereocenters. The average Bonchev–Trinajstić information content (AvgIpc) is 2.80. The first-order chi connectivity index (χ1) is 11.9. The Bertz CT molecular complexity index is 858. The van der Waals surface area contributed by atoms with E-state index in [0.717, 1.165) is 10.5 Å². The molecule has 1 aliphatic heterocycles. The lowest BCUT2D eigenvalue weighted by molar-refractivity contribution is -0.120. The van der Waals surface area contributed by atoms with Crippen LogP contribution in [0, 0.1) is 5.82 Å². The molecule has 0 bridgehead atoms. The summed E-state index contributed by atoms with van der Waals surface area (Å²) in [5.41, 5.74) is 2.09. The van der Waals surface area contributed by atoms with E-state index in [9.17, 15) is 14.0 Å². The van der Waals surface area contributed by atoms with Gasteiger partial charge in [-0.3, -0.25) is 9.59 Å². The smallest absolute Gasteiger partial charge is 0.283 e. The molecule has 0 spiro atoms. The summed E-state index contributed by atoms with van der Waals surface area (Å²) in [4.78, 5) is 25.8. The van der Waals surface area contributed by atoms with Crippen LogP contribution < -0.4 is 10.2 Å². The molecule has 0 saturated carbocycles. The van der Waals surface area contributed by atoms with Gasteiger partial charge in [-0.25, -0.2) is 9.29 Å². The molecule has 2 amide bonds. The molecule has 2 aromatic carbocycles. The van der Waals surface area contributed by atoms with Gasteiger partial charge in [-0.1, -0.05) is 37.6 Å². The molecular weight excluding hydrogens is 343 g/mol. The maximum Gasteiger partial charge on any atom is 0.283 e. The molecule has 6 heteroatoms. The van der Waals surface area contributed by atoms with Crippen LogP contribution >= 0.6 is 11.6 Å². The highest BCUT2D eigenvalue weighted by Gasteiger charge is 2.38. The van der Waals surface area contributed by atoms with Gasteiger partial charge in [0.25, 0.3) is 11.8 Å². The molecule has 128 valence electrons. The summed E-state index contributed by atoms with van der Waals surface area (Å²) in [7, 11) is 0. The molecule has 0 aliphatic carbocycles. The number of rotatable bonds is 4. The number of carbonyl (C=O) groups is 2. The van der Waals surface area contributed by atoms with Crippen molar-refractivity contribution in [3.05, 3.63) is 70.6 Å². The first-order valence-corrected chi connectivity index (χ1v) is 8.17. The molecule has 2 aromatic rings. The Hall–Kier alpha value is -2.66. The van der Waals surface area contributed by atoms with Crippen LogP contribution in [0.2, 0.25) is 0 Å². The second kappa shape index (κ2) is 6.69. The number of amides is 2. The van der Waals surface area contributed by atoms with E-state index in [1.165, 1.54) is 24.3 Å². The summed E-state index contributed by atoms with van der Waals surface area (Å²) in [5, 5.41) is 2.72. The molecule has 25 heavy (non-hydrogen) atoms. The van der Waals surface area contributed by atoms with Crippen LogP contribution in [-0.2, 0) is 9.59 Å². The fraction of sp³-hybridized carbons (Fsp3) is 0.158. The number of carbonyl (C=O) groups excluding carboxylic acids is 2. The van der Waals surface area contributed by atoms with Crippen LogP contribution in [0.15, 0.2) is 59.3 Å². The number of benzene rings is 2. The number of imide groups is 1. The summed E-state index contributed by atoms with van der Waals surface area (Å²) >= 11 is 6.06. The Balaban J connectivity index is 1.85. The number of anilines is 2. The van der Waals surface area contributed by atoms with Crippen molar-refractivity contribution in [2.24, 2.45) is 0 Å². The molecule has 1 aliphatic rings. The van der Waals surface area contributed by atoms with Gasteiger partial charge in [-0.05, 0) is 47.9 Å². The van der Waals surface area contributed by atoms with Crippen molar-refractivity contribution in [1.82, 2.24) is 0 Å². The fourth-order valence-electron chi connectivity index (χ4n) is 2.53. The molecule has 0 aromatic heterocycles. The third kappa shape index (κ3) is 3.28. The lowest BCUT2D eigenvalue weighted by Gasteiger charge is -2.15. The largest absolute Gasteiger partial charge is 0.350 e. The maximum atomic E-state index is 13.1. The Kier molecular flexibility index (Phi) is 4.59. The van der Waals surface area contributed by atoms with E-state index in [2.05, 4.69) is 19.2 Å². The number of hydrogen-bond donors (Lipinski definition) is 1. The zero-order valence-corrected chi connectivity index (χ0v) is 14.5. The standard InChI is InChI=1S/C19H16ClFN2O2/c1-11(2)12-3-7-14(8-4-12)22-17-16(20)18(24)23(19(17)25)15-9-5-13(21)6-10-15/h3-11,22H,1-2H3. The molecule has 1 N–H and O–H groups in total. The van der Waals surface area contributed by atoms with Crippen molar-refractivity contribution < 1.29 is 14.0 Å². The van der Waals surface area contributed by atoms with Gasteiger partial charge in [-0.2, -0.15) is 0 Å². The summed E-state index contributed by atoms with van der Waals surface area (Å²) in [6.45, 7) is 4.17. The molecule has 0 fully saturated rings. The Morgan fingerprint density at radius 1 is 0.960 bits per heavy atom. The Morgan fingerprint density at radius 3 is 2.12 bits per heavy atom. The van der Waals surface area contributed by atoms with Crippen molar-refractivity contribution in [1.29, 1.82) is 0 Å². The van der Waals surface area contributed by atoms with Crippen molar-refractivity contribution >= 4 is 34.8 Å². The molecular formula is C19H16ClFN2O2. The quantitative estimate of drug-likeness (QED) is 0.825. The van der Waals surface area contributed by atoms with Gasteiger partial charge in [0.05, 0.1) is 5.69 Å². The number of halogens is 2. The first-order valence-electron chi connectivity index (χ1n) is 7.79. The molecule has 1 heterocycles. The van der Waals surface area contributed by atoms with E-state index in [4.69, 9.17) is 11.6 Å². The van der Waals surface area contributed by atoms with Gasteiger partial charge in [0.2, 0.25) is 0 Å². The van der Waals surface area contributed by atoms with E-state index in [1.807, 2.05) is 24.3 Å². The van der Waals surface area contributed by atoms with Gasteiger partial charge in [0.15, 0.2) is 0 Å². The lowest BCUT2D eigenvalue weighted by atomic mass is 10.0. The van der Waals surface area contributed by atoms with Gasteiger partial charge < -0.3 is 5.32 Å². The SMILES string of the molecule is CC(C)c1ccc(NC2=C(Cl)C(=O)N(c3ccc(F)cc3)C2=O)cc1. The number of nitrogens with one attached hydrogen (secondary N) is 1. The molecule has 0 saturated heterocycles. The summed E-state index contributed by atoms with van der Waals surface area (Å²) in [6, 6.07) is 12.6. The third-order valence-electron chi connectivity index (χ3n) is 3.96. The minimum Gasteiger partial charge on any atom is -0.350 e. The highest BCUT2D eigenvalue weighted by molar-refractivity contribution is 6.53. The molecule has 0 radical (unpaired) electrons. The highest BCUT2D eigenvalue weighted by atomic mass is 35.5. The van der Waals surface area contributed by atoms with E-state index in [1.54, 1.807) is 0 Å². The summed E-state index contributed by atoms with van der Waals surface area (Å²) in [5.74, 6) is -1.28. The van der Waals surface area contributed by atoms with Gasteiger partial charge in [0.1, 0.15) is 16.5 Å². The van der Waals surface area contributed by atoms with Crippen molar-refractivity contribution in [3.63, 3.8) is 0 Å². The molecule has 3 rings (SSSR count). The molecule has 4 nitrogen and oxygen atoms in total. The van der Waals surface area contributed by atoms with Crippen LogP contribution in [0.25, 0.3) is 0 Å². The second-order valence-corrected chi connectivity index (χ2v) is 6.39. The monoisotopic (exact) mass is 358 g/mol. The Labute approximate surface area is 149 Å². The van der Waals surface area contributed by atoms with E-state index in [0.29, 0.717) is 11.6 Å².